The number of hydrogen-bond donors (Lipinski definition) is 3. The first-order valence-electron chi connectivity index (χ1n) is 10.6. The van der Waals surface area contributed by atoms with Crippen molar-refractivity contribution in [2.24, 2.45) is 10.4 Å². The summed E-state index contributed by atoms with van der Waals surface area (Å²) >= 11 is 0. The molecule has 1 aromatic rings. The van der Waals surface area contributed by atoms with Crippen molar-refractivity contribution in [2.45, 2.75) is 32.7 Å². The average Bonchev–Trinajstić information content (AvgIpc) is 3.22. The fourth-order valence-electron chi connectivity index (χ4n) is 3.97. The summed E-state index contributed by atoms with van der Waals surface area (Å²) in [6.45, 7) is 9.38. The maximum atomic E-state index is 9.43. The minimum atomic E-state index is -0.0164. The van der Waals surface area contributed by atoms with Gasteiger partial charge in [-0.3, -0.25) is 9.89 Å². The van der Waals surface area contributed by atoms with Crippen molar-refractivity contribution in [1.29, 1.82) is 0 Å². The highest BCUT2D eigenvalue weighted by Gasteiger charge is 2.34. The number of rotatable bonds is 11. The molecule has 3 N–H and O–H groups in total. The summed E-state index contributed by atoms with van der Waals surface area (Å²) in [6.07, 6.45) is 1.70. The first-order valence-corrected chi connectivity index (χ1v) is 10.6. The van der Waals surface area contributed by atoms with Gasteiger partial charge in [-0.25, -0.2) is 0 Å². The van der Waals surface area contributed by atoms with Gasteiger partial charge in [0.25, 0.3) is 0 Å². The second-order valence-corrected chi connectivity index (χ2v) is 7.60. The number of aliphatic hydroxyl groups is 1. The van der Waals surface area contributed by atoms with E-state index in [0.29, 0.717) is 6.61 Å². The molecule has 29 heavy (non-hydrogen) atoms. The van der Waals surface area contributed by atoms with E-state index in [1.165, 1.54) is 5.56 Å². The van der Waals surface area contributed by atoms with Crippen molar-refractivity contribution in [1.82, 2.24) is 15.5 Å². The number of benzene rings is 1. The van der Waals surface area contributed by atoms with Gasteiger partial charge in [-0.2, -0.15) is 0 Å². The van der Waals surface area contributed by atoms with E-state index >= 15 is 0 Å². The first kappa shape index (κ1) is 23.4. The van der Waals surface area contributed by atoms with Crippen molar-refractivity contribution < 1.29 is 14.6 Å². The van der Waals surface area contributed by atoms with Crippen LogP contribution < -0.4 is 15.4 Å². The zero-order chi connectivity index (χ0) is 21.1. The molecule has 0 radical (unpaired) electrons. The number of aliphatic imine (C=N–C) groups is 1. The van der Waals surface area contributed by atoms with Crippen LogP contribution in [0.5, 0.6) is 5.75 Å². The van der Waals surface area contributed by atoms with Crippen LogP contribution in [0, 0.1) is 5.41 Å². The van der Waals surface area contributed by atoms with Crippen molar-refractivity contribution in [3.8, 4) is 5.75 Å². The highest BCUT2D eigenvalue weighted by Crippen LogP contribution is 2.31. The van der Waals surface area contributed by atoms with Crippen molar-refractivity contribution >= 4 is 5.96 Å². The molecule has 0 amide bonds. The highest BCUT2D eigenvalue weighted by atomic mass is 16.5. The van der Waals surface area contributed by atoms with Gasteiger partial charge in [-0.1, -0.05) is 26.0 Å². The molecule has 7 heteroatoms. The second-order valence-electron chi connectivity index (χ2n) is 7.60. The Morgan fingerprint density at radius 2 is 2.14 bits per heavy atom. The molecule has 2 atom stereocenters. The Balaban J connectivity index is 2.04. The number of ether oxygens (including phenoxy) is 2. The highest BCUT2D eigenvalue weighted by molar-refractivity contribution is 5.79. The van der Waals surface area contributed by atoms with Crippen LogP contribution in [0.4, 0.5) is 0 Å². The van der Waals surface area contributed by atoms with Gasteiger partial charge in [0.2, 0.25) is 0 Å². The quantitative estimate of drug-likeness (QED) is 0.386. The lowest BCUT2D eigenvalue weighted by molar-refractivity contribution is 0.127. The molecule has 7 nitrogen and oxygen atoms in total. The average molecular weight is 407 g/mol. The van der Waals surface area contributed by atoms with Crippen LogP contribution in [0.3, 0.4) is 0 Å². The normalized spacial score (nSPS) is 20.7. The summed E-state index contributed by atoms with van der Waals surface area (Å²) in [5.41, 5.74) is 1.20. The molecular formula is C22H38N4O3. The Morgan fingerprint density at radius 3 is 2.72 bits per heavy atom. The van der Waals surface area contributed by atoms with Crippen LogP contribution in [0.15, 0.2) is 29.3 Å². The van der Waals surface area contributed by atoms with Gasteiger partial charge >= 0.3 is 0 Å². The molecule has 0 saturated carbocycles. The molecule has 1 heterocycles. The Kier molecular flexibility index (Phi) is 9.70. The summed E-state index contributed by atoms with van der Waals surface area (Å²) < 4.78 is 11.0. The molecular weight excluding hydrogens is 368 g/mol. The molecule has 2 unspecified atom stereocenters. The summed E-state index contributed by atoms with van der Waals surface area (Å²) in [5.74, 6) is 1.64. The number of aliphatic hydroxyl groups excluding tert-OH is 1. The number of guanidine groups is 1. The van der Waals surface area contributed by atoms with Gasteiger partial charge in [-0.05, 0) is 43.6 Å². The number of likely N-dealkylation sites (N-methyl/N-ethyl adjacent to an activating group) is 1. The van der Waals surface area contributed by atoms with Crippen molar-refractivity contribution in [3.05, 3.63) is 29.8 Å². The molecule has 2 rings (SSSR count). The number of methoxy groups -OCH3 is 1. The summed E-state index contributed by atoms with van der Waals surface area (Å²) in [5, 5.41) is 16.4. The van der Waals surface area contributed by atoms with Gasteiger partial charge in [0, 0.05) is 38.8 Å². The predicted molar refractivity (Wildman–Crippen MR) is 118 cm³/mol. The second kappa shape index (κ2) is 12.0. The molecule has 1 aliphatic rings. The maximum Gasteiger partial charge on any atom is 0.191 e. The zero-order valence-electron chi connectivity index (χ0n) is 18.4. The van der Waals surface area contributed by atoms with E-state index in [9.17, 15) is 5.11 Å². The molecule has 0 bridgehead atoms. The molecule has 0 aliphatic carbocycles. The van der Waals surface area contributed by atoms with Crippen LogP contribution in [0.25, 0.3) is 0 Å². The van der Waals surface area contributed by atoms with Gasteiger partial charge in [0.15, 0.2) is 5.96 Å². The number of nitrogens with one attached hydrogen (secondary N) is 2. The van der Waals surface area contributed by atoms with E-state index in [2.05, 4.69) is 46.5 Å². The number of hydrogen-bond acceptors (Lipinski definition) is 5. The maximum absolute atomic E-state index is 9.43. The lowest BCUT2D eigenvalue weighted by Gasteiger charge is -2.32. The Labute approximate surface area is 175 Å². The minimum absolute atomic E-state index is 0.0164. The van der Waals surface area contributed by atoms with Crippen LogP contribution in [-0.2, 0) is 4.74 Å². The van der Waals surface area contributed by atoms with Gasteiger partial charge in [-0.15, -0.1) is 0 Å². The SMILES string of the molecule is CCN(CC)C(CNC(=NC)NCC1(CCO)CCOC1)c1cccc(OC)c1. The summed E-state index contributed by atoms with van der Waals surface area (Å²) in [4.78, 5) is 6.82. The zero-order valence-corrected chi connectivity index (χ0v) is 18.4. The molecule has 1 saturated heterocycles. The van der Waals surface area contributed by atoms with Crippen LogP contribution in [0.2, 0.25) is 0 Å². The third kappa shape index (κ3) is 6.59. The van der Waals surface area contributed by atoms with Gasteiger partial charge in [0.1, 0.15) is 5.75 Å². The summed E-state index contributed by atoms with van der Waals surface area (Å²) in [6, 6.07) is 8.47. The van der Waals surface area contributed by atoms with Gasteiger partial charge in [0.05, 0.1) is 19.8 Å². The lowest BCUT2D eigenvalue weighted by Crippen LogP contribution is -2.47. The predicted octanol–water partition coefficient (Wildman–Crippen LogP) is 2.03. The van der Waals surface area contributed by atoms with E-state index in [0.717, 1.165) is 57.3 Å². The Hall–Kier alpha value is -1.83. The largest absolute Gasteiger partial charge is 0.497 e. The summed E-state index contributed by atoms with van der Waals surface area (Å²) in [7, 11) is 3.49. The number of nitrogens with zero attached hydrogens (tertiary/aromatic N) is 2. The molecule has 1 aromatic carbocycles. The molecule has 0 spiro atoms. The molecule has 164 valence electrons. The Bertz CT molecular complexity index is 628. The molecule has 1 fully saturated rings. The fourth-order valence-corrected chi connectivity index (χ4v) is 3.97. The standard InChI is InChI=1S/C22H38N4O3/c1-5-26(6-2)20(18-8-7-9-19(14-18)28-4)15-24-21(23-3)25-16-22(10-12-27)11-13-29-17-22/h7-9,14,20,27H,5-6,10-13,15-17H2,1-4H3,(H2,23,24,25). The van der Waals surface area contributed by atoms with E-state index < -0.39 is 0 Å². The third-order valence-electron chi connectivity index (χ3n) is 5.88. The lowest BCUT2D eigenvalue weighted by atomic mass is 9.84. The topological polar surface area (TPSA) is 78.4 Å². The van der Waals surface area contributed by atoms with E-state index in [1.807, 2.05) is 12.1 Å². The fraction of sp³-hybridized carbons (Fsp3) is 0.682. The van der Waals surface area contributed by atoms with Crippen molar-refractivity contribution in [3.63, 3.8) is 0 Å². The molecule has 1 aliphatic heterocycles. The monoisotopic (exact) mass is 406 g/mol. The molecule has 0 aromatic heterocycles. The van der Waals surface area contributed by atoms with Gasteiger partial charge < -0.3 is 25.2 Å². The third-order valence-corrected chi connectivity index (χ3v) is 5.88. The minimum Gasteiger partial charge on any atom is -0.497 e. The van der Waals surface area contributed by atoms with E-state index in [1.54, 1.807) is 14.2 Å². The smallest absolute Gasteiger partial charge is 0.191 e. The van der Waals surface area contributed by atoms with Crippen molar-refractivity contribution in [2.75, 3.05) is 60.2 Å². The Morgan fingerprint density at radius 1 is 1.34 bits per heavy atom. The van der Waals surface area contributed by atoms with Crippen LogP contribution in [-0.4, -0.2) is 76.1 Å². The van der Waals surface area contributed by atoms with Crippen LogP contribution >= 0.6 is 0 Å². The first-order chi connectivity index (χ1) is 14.1. The van der Waals surface area contributed by atoms with E-state index in [4.69, 9.17) is 9.47 Å². The van der Waals surface area contributed by atoms with Crippen LogP contribution in [0.1, 0.15) is 38.3 Å². The van der Waals surface area contributed by atoms with E-state index in [-0.39, 0.29) is 18.1 Å².